The van der Waals surface area contributed by atoms with Gasteiger partial charge in [-0.25, -0.2) is 4.98 Å². The Hall–Kier alpha value is -2.04. The predicted molar refractivity (Wildman–Crippen MR) is 76.4 cm³/mol. The number of hydrogen-bond acceptors (Lipinski definition) is 5. The maximum atomic E-state index is 5.39. The van der Waals surface area contributed by atoms with Crippen molar-refractivity contribution in [1.82, 2.24) is 9.97 Å². The lowest BCUT2D eigenvalue weighted by Gasteiger charge is -2.21. The zero-order chi connectivity index (χ0) is 13.7. The Morgan fingerprint density at radius 3 is 2.79 bits per heavy atom. The lowest BCUT2D eigenvalue weighted by molar-refractivity contribution is 0.503. The first-order valence-corrected chi connectivity index (χ1v) is 6.59. The minimum Gasteiger partial charge on any atom is -0.467 e. The van der Waals surface area contributed by atoms with E-state index in [0.717, 1.165) is 30.4 Å². The second kappa shape index (κ2) is 6.22. The minimum absolute atomic E-state index is 0.676. The maximum absolute atomic E-state index is 5.39. The fourth-order valence-corrected chi connectivity index (χ4v) is 1.90. The van der Waals surface area contributed by atoms with Gasteiger partial charge >= 0.3 is 0 Å². The van der Waals surface area contributed by atoms with Gasteiger partial charge in [0.1, 0.15) is 11.6 Å². The predicted octanol–water partition coefficient (Wildman–Crippen LogP) is 2.84. The van der Waals surface area contributed by atoms with Gasteiger partial charge in [-0.3, -0.25) is 0 Å². The monoisotopic (exact) mass is 260 g/mol. The van der Waals surface area contributed by atoms with Crippen LogP contribution in [0.3, 0.4) is 0 Å². The Labute approximate surface area is 113 Å². The van der Waals surface area contributed by atoms with E-state index in [0.29, 0.717) is 12.5 Å². The zero-order valence-corrected chi connectivity index (χ0v) is 11.7. The molecule has 0 atom stereocenters. The fourth-order valence-electron chi connectivity index (χ4n) is 1.90. The minimum atomic E-state index is 0.676. The lowest BCUT2D eigenvalue weighted by atomic mass is 10.3. The number of aryl methyl sites for hydroxylation is 1. The zero-order valence-electron chi connectivity index (χ0n) is 11.7. The summed E-state index contributed by atoms with van der Waals surface area (Å²) in [6.07, 6.45) is 1.69. The van der Waals surface area contributed by atoms with Crippen LogP contribution in [0.15, 0.2) is 28.9 Å². The van der Waals surface area contributed by atoms with Gasteiger partial charge in [-0.2, -0.15) is 4.98 Å². The Kier molecular flexibility index (Phi) is 4.39. The van der Waals surface area contributed by atoms with E-state index in [4.69, 9.17) is 4.42 Å². The van der Waals surface area contributed by atoms with E-state index >= 15 is 0 Å². The summed E-state index contributed by atoms with van der Waals surface area (Å²) in [5.74, 6) is 2.53. The first-order chi connectivity index (χ1) is 9.22. The summed E-state index contributed by atoms with van der Waals surface area (Å²) in [5, 5.41) is 3.15. The first-order valence-electron chi connectivity index (χ1n) is 6.59. The van der Waals surface area contributed by atoms with Crippen molar-refractivity contribution < 1.29 is 4.42 Å². The van der Waals surface area contributed by atoms with Gasteiger partial charge in [0.05, 0.1) is 12.8 Å². The van der Waals surface area contributed by atoms with E-state index in [1.807, 2.05) is 32.0 Å². The fraction of sp³-hybridized carbons (Fsp3) is 0.429. The number of nitrogens with one attached hydrogen (secondary N) is 1. The largest absolute Gasteiger partial charge is 0.467 e. The van der Waals surface area contributed by atoms with Crippen LogP contribution in [-0.2, 0) is 6.54 Å². The van der Waals surface area contributed by atoms with Gasteiger partial charge in [-0.05, 0) is 32.9 Å². The average Bonchev–Trinajstić information content (AvgIpc) is 2.88. The van der Waals surface area contributed by atoms with E-state index < -0.39 is 0 Å². The second-order valence-electron chi connectivity index (χ2n) is 4.32. The molecule has 0 unspecified atom stereocenters. The number of aromatic nitrogens is 2. The van der Waals surface area contributed by atoms with E-state index in [2.05, 4.69) is 27.1 Å². The molecule has 0 fully saturated rings. The highest BCUT2D eigenvalue weighted by Crippen LogP contribution is 2.17. The maximum Gasteiger partial charge on any atom is 0.224 e. The molecule has 0 aliphatic carbocycles. The molecule has 0 aliphatic heterocycles. The molecule has 0 bridgehead atoms. The quantitative estimate of drug-likeness (QED) is 0.865. The summed E-state index contributed by atoms with van der Waals surface area (Å²) in [6, 6.07) is 5.87. The molecule has 5 heteroatoms. The summed E-state index contributed by atoms with van der Waals surface area (Å²) in [4.78, 5) is 11.1. The highest BCUT2D eigenvalue weighted by Gasteiger charge is 2.10. The van der Waals surface area contributed by atoms with Gasteiger partial charge in [0.2, 0.25) is 5.95 Å². The first kappa shape index (κ1) is 13.4. The molecule has 5 nitrogen and oxygen atoms in total. The van der Waals surface area contributed by atoms with Crippen molar-refractivity contribution in [3.8, 4) is 0 Å². The van der Waals surface area contributed by atoms with Gasteiger partial charge in [0, 0.05) is 24.8 Å². The molecule has 0 radical (unpaired) electrons. The van der Waals surface area contributed by atoms with Crippen molar-refractivity contribution in [3.05, 3.63) is 35.9 Å². The number of nitrogens with zero attached hydrogens (tertiary/aromatic N) is 3. The average molecular weight is 260 g/mol. The van der Waals surface area contributed by atoms with Gasteiger partial charge < -0.3 is 14.6 Å². The number of rotatable bonds is 6. The van der Waals surface area contributed by atoms with Gasteiger partial charge in [-0.15, -0.1) is 0 Å². The van der Waals surface area contributed by atoms with Crippen molar-refractivity contribution in [2.24, 2.45) is 0 Å². The SMILES string of the molecule is CCNc1nc(C)cc(N(CC)Cc2ccco2)n1. The van der Waals surface area contributed by atoms with Crippen LogP contribution in [-0.4, -0.2) is 23.1 Å². The Morgan fingerprint density at radius 1 is 1.32 bits per heavy atom. The lowest BCUT2D eigenvalue weighted by Crippen LogP contribution is -2.23. The highest BCUT2D eigenvalue weighted by molar-refractivity contribution is 5.44. The molecule has 102 valence electrons. The third kappa shape index (κ3) is 3.47. The van der Waals surface area contributed by atoms with Crippen molar-refractivity contribution in [3.63, 3.8) is 0 Å². The molecule has 2 aromatic heterocycles. The summed E-state index contributed by atoms with van der Waals surface area (Å²) in [6.45, 7) is 8.51. The molecule has 2 heterocycles. The molecule has 0 saturated carbocycles. The van der Waals surface area contributed by atoms with Gasteiger partial charge in [0.15, 0.2) is 0 Å². The highest BCUT2D eigenvalue weighted by atomic mass is 16.3. The van der Waals surface area contributed by atoms with Crippen LogP contribution in [0, 0.1) is 6.92 Å². The van der Waals surface area contributed by atoms with Crippen molar-refractivity contribution in [2.45, 2.75) is 27.3 Å². The second-order valence-corrected chi connectivity index (χ2v) is 4.32. The van der Waals surface area contributed by atoms with Gasteiger partial charge in [0.25, 0.3) is 0 Å². The van der Waals surface area contributed by atoms with Crippen LogP contribution >= 0.6 is 0 Å². The van der Waals surface area contributed by atoms with Crippen LogP contribution in [0.1, 0.15) is 25.3 Å². The van der Waals surface area contributed by atoms with Crippen LogP contribution in [0.25, 0.3) is 0 Å². The van der Waals surface area contributed by atoms with Crippen molar-refractivity contribution >= 4 is 11.8 Å². The van der Waals surface area contributed by atoms with Crippen molar-refractivity contribution in [2.75, 3.05) is 23.3 Å². The van der Waals surface area contributed by atoms with E-state index in [-0.39, 0.29) is 0 Å². The Bertz CT molecular complexity index is 510. The molecule has 0 aliphatic rings. The molecule has 0 saturated heterocycles. The number of hydrogen-bond donors (Lipinski definition) is 1. The van der Waals surface area contributed by atoms with Crippen LogP contribution < -0.4 is 10.2 Å². The molecule has 0 aromatic carbocycles. The Morgan fingerprint density at radius 2 is 2.16 bits per heavy atom. The van der Waals surface area contributed by atoms with E-state index in [1.165, 1.54) is 0 Å². The molecule has 1 N–H and O–H groups in total. The van der Waals surface area contributed by atoms with E-state index in [1.54, 1.807) is 6.26 Å². The Balaban J connectivity index is 2.21. The normalized spacial score (nSPS) is 10.5. The summed E-state index contributed by atoms with van der Waals surface area (Å²) >= 11 is 0. The molecule has 2 aromatic rings. The smallest absolute Gasteiger partial charge is 0.224 e. The van der Waals surface area contributed by atoms with E-state index in [9.17, 15) is 0 Å². The summed E-state index contributed by atoms with van der Waals surface area (Å²) in [5.41, 5.74) is 0.957. The molecule has 19 heavy (non-hydrogen) atoms. The third-order valence-electron chi connectivity index (χ3n) is 2.81. The number of furan rings is 1. The number of anilines is 2. The van der Waals surface area contributed by atoms with Crippen molar-refractivity contribution in [1.29, 1.82) is 0 Å². The van der Waals surface area contributed by atoms with Crippen LogP contribution in [0.2, 0.25) is 0 Å². The molecule has 2 rings (SSSR count). The van der Waals surface area contributed by atoms with Gasteiger partial charge in [-0.1, -0.05) is 0 Å². The summed E-state index contributed by atoms with van der Waals surface area (Å²) in [7, 11) is 0. The molecular formula is C14H20N4O. The molecule has 0 spiro atoms. The molecule has 0 amide bonds. The standard InChI is InChI=1S/C14H20N4O/c1-4-15-14-16-11(3)9-13(17-14)18(5-2)10-12-7-6-8-19-12/h6-9H,4-5,10H2,1-3H3,(H,15,16,17). The third-order valence-corrected chi connectivity index (χ3v) is 2.81. The van der Waals surface area contributed by atoms with Crippen LogP contribution in [0.4, 0.5) is 11.8 Å². The summed E-state index contributed by atoms with van der Waals surface area (Å²) < 4.78 is 5.39. The van der Waals surface area contributed by atoms with Crippen LogP contribution in [0.5, 0.6) is 0 Å². The molecular weight excluding hydrogens is 240 g/mol. The topological polar surface area (TPSA) is 54.2 Å².